The Morgan fingerprint density at radius 2 is 2.23 bits per heavy atom. The maximum atomic E-state index is 5.03. The first-order valence-electron chi connectivity index (χ1n) is 8.96. The van der Waals surface area contributed by atoms with E-state index in [0.717, 1.165) is 24.1 Å². The highest BCUT2D eigenvalue weighted by Crippen LogP contribution is 2.47. The van der Waals surface area contributed by atoms with Gasteiger partial charge in [0.15, 0.2) is 0 Å². The lowest BCUT2D eigenvalue weighted by atomic mass is 9.82. The second-order valence-electron chi connectivity index (χ2n) is 7.36. The molecule has 122 valence electrons. The Bertz CT molecular complexity index is 625. The minimum absolute atomic E-state index is 0.182. The van der Waals surface area contributed by atoms with Crippen molar-refractivity contribution in [3.05, 3.63) is 22.9 Å². The van der Waals surface area contributed by atoms with Gasteiger partial charge in [-0.25, -0.2) is 4.36 Å². The Morgan fingerprint density at radius 1 is 1.32 bits per heavy atom. The molecule has 4 heteroatoms. The molecule has 0 aromatic carbocycles. The predicted molar refractivity (Wildman–Crippen MR) is 96.8 cm³/mol. The number of allylic oxidation sites excluding steroid dienone is 4. The van der Waals surface area contributed by atoms with E-state index in [0.29, 0.717) is 0 Å². The van der Waals surface area contributed by atoms with Crippen molar-refractivity contribution in [3.8, 4) is 0 Å². The topological polar surface area (TPSA) is 36.4 Å². The molecular weight excluding hydrogens is 290 g/mol. The first-order valence-corrected chi connectivity index (χ1v) is 10.9. The predicted octanol–water partition coefficient (Wildman–Crippen LogP) is 3.39. The number of nitrogens with one attached hydrogen (secondary N) is 2. The molecule has 1 aliphatic heterocycles. The monoisotopic (exact) mass is 319 g/mol. The molecule has 22 heavy (non-hydrogen) atoms. The quantitative estimate of drug-likeness (QED) is 0.782. The lowest BCUT2D eigenvalue weighted by molar-refractivity contribution is 0.456. The van der Waals surface area contributed by atoms with Crippen LogP contribution >= 0.6 is 0 Å². The maximum Gasteiger partial charge on any atom is 0.123 e. The van der Waals surface area contributed by atoms with Crippen LogP contribution in [0.25, 0.3) is 0 Å². The van der Waals surface area contributed by atoms with Crippen LogP contribution in [0.4, 0.5) is 0 Å². The lowest BCUT2D eigenvalue weighted by Crippen LogP contribution is -2.33. The van der Waals surface area contributed by atoms with E-state index in [1.54, 1.807) is 16.8 Å². The summed E-state index contributed by atoms with van der Waals surface area (Å²) in [7, 11) is -1.17. The molecule has 4 aliphatic rings. The summed E-state index contributed by atoms with van der Waals surface area (Å²) in [5.41, 5.74) is 4.83. The van der Waals surface area contributed by atoms with Crippen molar-refractivity contribution in [2.75, 3.05) is 12.3 Å². The minimum atomic E-state index is -1.17. The largest absolute Gasteiger partial charge is 0.366 e. The molecule has 4 atom stereocenters. The van der Waals surface area contributed by atoms with Crippen LogP contribution in [0.15, 0.2) is 27.3 Å². The van der Waals surface area contributed by atoms with Crippen LogP contribution < -0.4 is 10.0 Å². The molecule has 0 aromatic heterocycles. The number of hydrogen-bond donors (Lipinski definition) is 2. The van der Waals surface area contributed by atoms with Gasteiger partial charge in [0.2, 0.25) is 0 Å². The zero-order valence-electron chi connectivity index (χ0n) is 13.7. The first-order chi connectivity index (χ1) is 10.6. The Labute approximate surface area is 135 Å². The molecule has 0 amide bonds. The molecule has 0 spiro atoms. The first kappa shape index (κ1) is 14.8. The fourth-order valence-corrected chi connectivity index (χ4v) is 6.90. The molecule has 4 unspecified atom stereocenters. The van der Waals surface area contributed by atoms with Gasteiger partial charge in [-0.2, -0.15) is 0 Å². The molecule has 1 heterocycles. The van der Waals surface area contributed by atoms with Crippen molar-refractivity contribution < 1.29 is 0 Å². The molecule has 3 nitrogen and oxygen atoms in total. The summed E-state index contributed by atoms with van der Waals surface area (Å²) in [4.78, 5) is 0. The van der Waals surface area contributed by atoms with Crippen LogP contribution in [0.5, 0.6) is 0 Å². The maximum absolute atomic E-state index is 5.03. The molecule has 1 saturated heterocycles. The van der Waals surface area contributed by atoms with Crippen LogP contribution in [0.2, 0.25) is 0 Å². The second-order valence-corrected chi connectivity index (χ2v) is 9.95. The van der Waals surface area contributed by atoms with E-state index < -0.39 is 9.60 Å². The van der Waals surface area contributed by atoms with Crippen molar-refractivity contribution in [2.24, 2.45) is 16.2 Å². The van der Waals surface area contributed by atoms with Crippen molar-refractivity contribution in [1.29, 1.82) is 0 Å². The van der Waals surface area contributed by atoms with E-state index in [1.807, 2.05) is 0 Å². The molecule has 4 rings (SSSR count). The van der Waals surface area contributed by atoms with E-state index in [2.05, 4.69) is 28.9 Å². The highest BCUT2D eigenvalue weighted by molar-refractivity contribution is 8.00. The van der Waals surface area contributed by atoms with E-state index in [1.165, 1.54) is 44.9 Å². The van der Waals surface area contributed by atoms with Gasteiger partial charge in [-0.15, -0.1) is 0 Å². The molecule has 0 radical (unpaired) electrons. The van der Waals surface area contributed by atoms with Crippen LogP contribution in [0.3, 0.4) is 0 Å². The zero-order chi connectivity index (χ0) is 15.2. The fraction of sp³-hybridized carbons (Fsp3) is 0.722. The van der Waals surface area contributed by atoms with E-state index in [-0.39, 0.29) is 6.17 Å². The van der Waals surface area contributed by atoms with E-state index in [9.17, 15) is 0 Å². The Kier molecular flexibility index (Phi) is 3.85. The van der Waals surface area contributed by atoms with Gasteiger partial charge in [0.05, 0.1) is 0 Å². The van der Waals surface area contributed by atoms with Gasteiger partial charge < -0.3 is 5.32 Å². The zero-order valence-corrected chi connectivity index (χ0v) is 14.6. The van der Waals surface area contributed by atoms with E-state index in [4.69, 9.17) is 4.36 Å². The van der Waals surface area contributed by atoms with Gasteiger partial charge in [-0.1, -0.05) is 28.0 Å². The summed E-state index contributed by atoms with van der Waals surface area (Å²) in [6, 6.07) is 0. The normalized spacial score (nSPS) is 38.5. The van der Waals surface area contributed by atoms with Crippen molar-refractivity contribution >= 4 is 15.5 Å². The lowest BCUT2D eigenvalue weighted by Gasteiger charge is -2.31. The van der Waals surface area contributed by atoms with Gasteiger partial charge in [0.25, 0.3) is 0 Å². The third kappa shape index (κ3) is 2.65. The van der Waals surface area contributed by atoms with Crippen molar-refractivity contribution in [1.82, 2.24) is 10.0 Å². The second kappa shape index (κ2) is 5.72. The number of rotatable bonds is 3. The van der Waals surface area contributed by atoms with Crippen LogP contribution in [-0.4, -0.2) is 24.3 Å². The molecule has 3 fully saturated rings. The van der Waals surface area contributed by atoms with Gasteiger partial charge in [-0.05, 0) is 62.5 Å². The molecular formula is C18H29N3S. The highest BCUT2D eigenvalue weighted by atomic mass is 32.2. The number of hydrogen-bond acceptors (Lipinski definition) is 2. The van der Waals surface area contributed by atoms with Crippen LogP contribution in [-0.2, 0) is 9.60 Å². The minimum Gasteiger partial charge on any atom is -0.366 e. The Balaban J connectivity index is 1.60. The van der Waals surface area contributed by atoms with Gasteiger partial charge in [0, 0.05) is 23.9 Å². The molecule has 0 bridgehead atoms. The SMILES string of the molecule is C=S1(=NC(C)NC2=C3CCCC3=CC3CCCC23)CCCN1. The van der Waals surface area contributed by atoms with Gasteiger partial charge in [-0.3, -0.25) is 4.72 Å². The average molecular weight is 320 g/mol. The van der Waals surface area contributed by atoms with E-state index >= 15 is 0 Å². The van der Waals surface area contributed by atoms with Crippen LogP contribution in [0.1, 0.15) is 51.9 Å². The summed E-state index contributed by atoms with van der Waals surface area (Å²) in [5, 5.41) is 3.83. The van der Waals surface area contributed by atoms with Gasteiger partial charge >= 0.3 is 0 Å². The smallest absolute Gasteiger partial charge is 0.123 e. The Hall–Kier alpha value is -0.740. The average Bonchev–Trinajstić information content (AvgIpc) is 3.18. The third-order valence-electron chi connectivity index (χ3n) is 5.69. The standard InChI is InChI=1S/C18H29N3S/c1-13(21-22(2)11-5-10-19-22)20-18-16-8-3-6-14(16)12-15-7-4-9-17(15)18/h12-14,16,20H,2-11H2,1H3,(H,19,21). The van der Waals surface area contributed by atoms with Gasteiger partial charge in [0.1, 0.15) is 6.17 Å². The summed E-state index contributed by atoms with van der Waals surface area (Å²) < 4.78 is 8.56. The molecule has 2 N–H and O–H groups in total. The van der Waals surface area contributed by atoms with Crippen molar-refractivity contribution in [3.63, 3.8) is 0 Å². The Morgan fingerprint density at radius 3 is 3.05 bits per heavy atom. The summed E-state index contributed by atoms with van der Waals surface area (Å²) in [6.45, 7) is 3.30. The summed E-state index contributed by atoms with van der Waals surface area (Å²) >= 11 is 0. The summed E-state index contributed by atoms with van der Waals surface area (Å²) in [6.07, 6.45) is 12.0. The fourth-order valence-electron chi connectivity index (χ4n) is 4.77. The molecule has 0 aromatic rings. The molecule has 3 aliphatic carbocycles. The molecule has 2 saturated carbocycles. The number of fused-ring (bicyclic) bond motifs is 2. The number of nitrogens with zero attached hydrogens (tertiary/aromatic N) is 1. The van der Waals surface area contributed by atoms with Crippen LogP contribution in [0, 0.1) is 11.8 Å². The third-order valence-corrected chi connectivity index (χ3v) is 8.12. The summed E-state index contributed by atoms with van der Waals surface area (Å²) in [5.74, 6) is 7.04. The van der Waals surface area contributed by atoms with Crippen molar-refractivity contribution in [2.45, 2.75) is 58.0 Å². The highest BCUT2D eigenvalue weighted by Gasteiger charge is 2.36.